The lowest BCUT2D eigenvalue weighted by atomic mass is 9.85. The maximum atomic E-state index is 14.9. The van der Waals surface area contributed by atoms with Crippen LogP contribution >= 0.6 is 0 Å². The number of nitrogens with one attached hydrogen (secondary N) is 1. The Hall–Kier alpha value is -2.32. The van der Waals surface area contributed by atoms with E-state index in [2.05, 4.69) is 51.8 Å². The van der Waals surface area contributed by atoms with Crippen LogP contribution in [0.4, 0.5) is 13.6 Å². The topological polar surface area (TPSA) is 71.5 Å². The summed E-state index contributed by atoms with van der Waals surface area (Å²) in [4.78, 5) is 16.4. The first-order valence-electron chi connectivity index (χ1n) is 12.1. The van der Waals surface area contributed by atoms with E-state index >= 15 is 0 Å². The van der Waals surface area contributed by atoms with E-state index in [1.807, 2.05) is 6.07 Å². The van der Waals surface area contributed by atoms with Crippen LogP contribution in [0.25, 0.3) is 0 Å². The third-order valence-electron chi connectivity index (χ3n) is 7.37. The smallest absolute Gasteiger partial charge is 0.405 e. The van der Waals surface area contributed by atoms with Gasteiger partial charge >= 0.3 is 6.09 Å². The van der Waals surface area contributed by atoms with E-state index in [9.17, 15) is 18.7 Å². The number of pyridine rings is 1. The van der Waals surface area contributed by atoms with Crippen molar-refractivity contribution in [3.8, 4) is 0 Å². The second-order valence-electron chi connectivity index (χ2n) is 10.2. The fraction of sp³-hybridized carbons (Fsp3) is 0.538. The Bertz CT molecular complexity index is 994. The van der Waals surface area contributed by atoms with Crippen LogP contribution in [0.2, 0.25) is 16.6 Å². The molecule has 0 spiro atoms. The van der Waals surface area contributed by atoms with Crippen LogP contribution in [-0.2, 0) is 4.43 Å². The Morgan fingerprint density at radius 1 is 1.03 bits per heavy atom. The first-order chi connectivity index (χ1) is 16.0. The summed E-state index contributed by atoms with van der Waals surface area (Å²) >= 11 is 0. The maximum Gasteiger partial charge on any atom is 0.405 e. The van der Waals surface area contributed by atoms with E-state index in [1.165, 1.54) is 12.1 Å². The molecule has 1 aromatic heterocycles. The number of carboxylic acid groups (broad SMARTS) is 1. The molecule has 0 radical (unpaired) electrons. The van der Waals surface area contributed by atoms with Gasteiger partial charge in [0, 0.05) is 12.1 Å². The van der Waals surface area contributed by atoms with E-state index in [4.69, 9.17) is 4.43 Å². The number of rotatable bonds is 7. The van der Waals surface area contributed by atoms with Gasteiger partial charge in [-0.25, -0.2) is 13.6 Å². The summed E-state index contributed by atoms with van der Waals surface area (Å²) in [6.45, 7) is 13.3. The Morgan fingerprint density at radius 3 is 2.24 bits per heavy atom. The largest absolute Gasteiger partial charge is 0.465 e. The molecule has 0 saturated carbocycles. The highest BCUT2D eigenvalue weighted by Crippen LogP contribution is 2.50. The lowest BCUT2D eigenvalue weighted by Gasteiger charge is -2.44. The number of fused-ring (bicyclic) bond motifs is 1. The van der Waals surface area contributed by atoms with Gasteiger partial charge in [-0.05, 0) is 52.7 Å². The zero-order chi connectivity index (χ0) is 25.2. The van der Waals surface area contributed by atoms with Crippen LogP contribution in [0.1, 0.15) is 89.3 Å². The molecule has 1 amide bonds. The Morgan fingerprint density at radius 2 is 1.65 bits per heavy atom. The van der Waals surface area contributed by atoms with Crippen molar-refractivity contribution in [2.75, 3.05) is 0 Å². The van der Waals surface area contributed by atoms with Gasteiger partial charge in [0.25, 0.3) is 0 Å². The predicted octanol–water partition coefficient (Wildman–Crippen LogP) is 7.48. The monoisotopic (exact) mass is 490 g/mol. The van der Waals surface area contributed by atoms with Gasteiger partial charge in [0.15, 0.2) is 11.6 Å². The molecule has 3 rings (SSSR count). The van der Waals surface area contributed by atoms with Gasteiger partial charge in [-0.3, -0.25) is 4.98 Å². The van der Waals surface area contributed by atoms with Gasteiger partial charge in [-0.2, -0.15) is 0 Å². The fourth-order valence-electron chi connectivity index (χ4n) is 6.04. The molecule has 1 aliphatic rings. The zero-order valence-corrected chi connectivity index (χ0v) is 21.8. The average Bonchev–Trinajstić information content (AvgIpc) is 2.90. The van der Waals surface area contributed by atoms with Crippen LogP contribution in [0.5, 0.6) is 0 Å². The van der Waals surface area contributed by atoms with Gasteiger partial charge < -0.3 is 14.8 Å². The quantitative estimate of drug-likeness (QED) is 0.312. The molecule has 0 fully saturated rings. The molecule has 5 nitrogen and oxygen atoms in total. The summed E-state index contributed by atoms with van der Waals surface area (Å²) in [5.74, 6) is -2.48. The van der Waals surface area contributed by atoms with Gasteiger partial charge in [-0.1, -0.05) is 59.7 Å². The highest BCUT2D eigenvalue weighted by Gasteiger charge is 2.48. The standard InChI is InChI=1S/C26H36F2N2O3Si/c1-15(2)34(16(3)4,17(5)6)33-22-13-12-19(18-9-7-11-21(27)23(18)28)24(30-26(31)32)20-10-8-14-29-25(20)22/h7-11,14-17,19,22,24,30H,12-13H2,1-6H3,(H,31,32)/t19-,22+,24-/m0/s1. The summed E-state index contributed by atoms with van der Waals surface area (Å²) in [5.41, 5.74) is 2.56. The van der Waals surface area contributed by atoms with Crippen LogP contribution in [0, 0.1) is 11.6 Å². The van der Waals surface area contributed by atoms with Crippen molar-refractivity contribution >= 4 is 14.4 Å². The Balaban J connectivity index is 2.15. The molecule has 1 aromatic carbocycles. The lowest BCUT2D eigenvalue weighted by molar-refractivity contribution is 0.159. The highest BCUT2D eigenvalue weighted by molar-refractivity contribution is 6.77. The van der Waals surface area contributed by atoms with Crippen molar-refractivity contribution in [2.24, 2.45) is 0 Å². The van der Waals surface area contributed by atoms with Crippen LogP contribution in [0.15, 0.2) is 36.5 Å². The number of benzene rings is 1. The van der Waals surface area contributed by atoms with Gasteiger partial charge in [-0.15, -0.1) is 0 Å². The van der Waals surface area contributed by atoms with E-state index in [0.717, 1.165) is 6.07 Å². The number of hydrogen-bond acceptors (Lipinski definition) is 3. The number of carbonyl (C=O) groups is 1. The average molecular weight is 491 g/mol. The summed E-state index contributed by atoms with van der Waals surface area (Å²) in [7, 11) is -2.29. The maximum absolute atomic E-state index is 14.9. The second-order valence-corrected chi connectivity index (χ2v) is 15.6. The number of aromatic nitrogens is 1. The molecule has 0 bridgehead atoms. The summed E-state index contributed by atoms with van der Waals surface area (Å²) < 4.78 is 36.1. The first kappa shape index (κ1) is 26.3. The van der Waals surface area contributed by atoms with Crippen molar-refractivity contribution in [2.45, 2.75) is 89.1 Å². The molecule has 2 aromatic rings. The SMILES string of the molecule is CC(C)[Si](O[C@@H]1CC[C@@H](c2cccc(F)c2F)[C@H](NC(=O)O)c2cccnc21)(C(C)C)C(C)C. The van der Waals surface area contributed by atoms with Crippen molar-refractivity contribution in [3.63, 3.8) is 0 Å². The molecule has 1 aliphatic carbocycles. The molecule has 34 heavy (non-hydrogen) atoms. The third-order valence-corrected chi connectivity index (χ3v) is 13.5. The fourth-order valence-corrected chi connectivity index (χ4v) is 11.6. The third kappa shape index (κ3) is 4.89. The molecule has 186 valence electrons. The highest BCUT2D eigenvalue weighted by atomic mass is 28.4. The second kappa shape index (κ2) is 10.5. The molecule has 8 heteroatoms. The summed E-state index contributed by atoms with van der Waals surface area (Å²) in [6, 6.07) is 6.85. The summed E-state index contributed by atoms with van der Waals surface area (Å²) in [6.07, 6.45) is 1.06. The van der Waals surface area contributed by atoms with Gasteiger partial charge in [0.1, 0.15) is 0 Å². The molecule has 0 aliphatic heterocycles. The van der Waals surface area contributed by atoms with Crippen molar-refractivity contribution in [1.29, 1.82) is 0 Å². The molecule has 3 atom stereocenters. The van der Waals surface area contributed by atoms with E-state index in [-0.39, 0.29) is 11.7 Å². The van der Waals surface area contributed by atoms with Crippen LogP contribution < -0.4 is 5.32 Å². The van der Waals surface area contributed by atoms with E-state index in [1.54, 1.807) is 12.3 Å². The molecule has 1 heterocycles. The van der Waals surface area contributed by atoms with Crippen LogP contribution in [-0.4, -0.2) is 24.5 Å². The number of halogens is 2. The summed E-state index contributed by atoms with van der Waals surface area (Å²) in [5, 5.41) is 12.2. The van der Waals surface area contributed by atoms with Crippen LogP contribution in [0.3, 0.4) is 0 Å². The number of hydrogen-bond donors (Lipinski definition) is 2. The van der Waals surface area contributed by atoms with Crippen molar-refractivity contribution in [1.82, 2.24) is 10.3 Å². The van der Waals surface area contributed by atoms with E-state index in [0.29, 0.717) is 40.7 Å². The number of amides is 1. The molecule has 0 saturated heterocycles. The zero-order valence-electron chi connectivity index (χ0n) is 20.8. The normalized spacial score (nSPS) is 21.0. The van der Waals surface area contributed by atoms with Crippen molar-refractivity contribution < 1.29 is 23.1 Å². The van der Waals surface area contributed by atoms with Crippen molar-refractivity contribution in [3.05, 3.63) is 65.0 Å². The predicted molar refractivity (Wildman–Crippen MR) is 131 cm³/mol. The minimum Gasteiger partial charge on any atom is -0.465 e. The minimum absolute atomic E-state index is 0.161. The molecular formula is C26H36F2N2O3Si. The Labute approximate surface area is 202 Å². The lowest BCUT2D eigenvalue weighted by Crippen LogP contribution is -2.48. The van der Waals surface area contributed by atoms with Gasteiger partial charge in [0.05, 0.1) is 17.8 Å². The van der Waals surface area contributed by atoms with Gasteiger partial charge in [0.2, 0.25) is 8.32 Å². The minimum atomic E-state index is -2.29. The molecule has 2 N–H and O–H groups in total. The number of nitrogens with zero attached hydrogens (tertiary/aromatic N) is 1. The Kier molecular flexibility index (Phi) is 8.13. The molecular weight excluding hydrogens is 454 g/mol. The molecule has 0 unspecified atom stereocenters. The van der Waals surface area contributed by atoms with E-state index < -0.39 is 38.0 Å². The first-order valence-corrected chi connectivity index (χ1v) is 14.2.